The van der Waals surface area contributed by atoms with Gasteiger partial charge in [0.1, 0.15) is 0 Å². The summed E-state index contributed by atoms with van der Waals surface area (Å²) in [6, 6.07) is 9.90. The van der Waals surface area contributed by atoms with Crippen LogP contribution in [0.4, 0.5) is 0 Å². The molecule has 0 bridgehead atoms. The molecule has 3 amide bonds. The maximum absolute atomic E-state index is 11.7. The van der Waals surface area contributed by atoms with Gasteiger partial charge in [-0.3, -0.25) is 19.3 Å². The summed E-state index contributed by atoms with van der Waals surface area (Å²) in [6.45, 7) is 0.750. The molecule has 0 saturated carbocycles. The average molecular weight is 288 g/mol. The molecule has 1 aliphatic heterocycles. The second kappa shape index (κ2) is 7.57. The van der Waals surface area contributed by atoms with E-state index in [0.29, 0.717) is 25.8 Å². The van der Waals surface area contributed by atoms with Crippen molar-refractivity contribution in [1.29, 1.82) is 0 Å². The van der Waals surface area contributed by atoms with Crippen LogP contribution < -0.4 is 5.32 Å². The van der Waals surface area contributed by atoms with Crippen LogP contribution in [0, 0.1) is 0 Å². The van der Waals surface area contributed by atoms with E-state index in [9.17, 15) is 14.4 Å². The van der Waals surface area contributed by atoms with Crippen LogP contribution in [0.15, 0.2) is 30.3 Å². The van der Waals surface area contributed by atoms with Crippen molar-refractivity contribution < 1.29 is 14.4 Å². The number of amides is 3. The number of likely N-dealkylation sites (tertiary alicyclic amines) is 1. The number of imide groups is 1. The summed E-state index contributed by atoms with van der Waals surface area (Å²) in [5, 5.41) is 2.81. The van der Waals surface area contributed by atoms with E-state index in [1.54, 1.807) is 0 Å². The summed E-state index contributed by atoms with van der Waals surface area (Å²) in [4.78, 5) is 36.1. The minimum absolute atomic E-state index is 0.128. The van der Waals surface area contributed by atoms with Crippen molar-refractivity contribution in [3.8, 4) is 0 Å². The number of hydrogen-bond donors (Lipinski definition) is 1. The van der Waals surface area contributed by atoms with Crippen LogP contribution in [0.2, 0.25) is 0 Å². The Bertz CT molecular complexity index is 498. The van der Waals surface area contributed by atoms with E-state index in [1.807, 2.05) is 30.3 Å². The largest absolute Gasteiger partial charge is 0.356 e. The molecule has 0 atom stereocenters. The SMILES string of the molecule is O=C(CCN1C(=O)CCCC1=O)NCCc1ccccc1. The van der Waals surface area contributed by atoms with Gasteiger partial charge in [-0.25, -0.2) is 0 Å². The summed E-state index contributed by atoms with van der Waals surface area (Å²) in [7, 11) is 0. The van der Waals surface area contributed by atoms with E-state index in [1.165, 1.54) is 10.5 Å². The van der Waals surface area contributed by atoms with Crippen LogP contribution in [-0.2, 0) is 20.8 Å². The smallest absolute Gasteiger partial charge is 0.229 e. The van der Waals surface area contributed by atoms with Crippen molar-refractivity contribution in [1.82, 2.24) is 10.2 Å². The maximum atomic E-state index is 11.7. The number of nitrogens with one attached hydrogen (secondary N) is 1. The fraction of sp³-hybridized carbons (Fsp3) is 0.438. The lowest BCUT2D eigenvalue weighted by atomic mass is 10.1. The zero-order chi connectivity index (χ0) is 15.1. The fourth-order valence-corrected chi connectivity index (χ4v) is 2.34. The predicted octanol–water partition coefficient (Wildman–Crippen LogP) is 1.27. The molecular formula is C16H20N2O3. The Labute approximate surface area is 124 Å². The monoisotopic (exact) mass is 288 g/mol. The van der Waals surface area contributed by atoms with Gasteiger partial charge < -0.3 is 5.32 Å². The lowest BCUT2D eigenvalue weighted by Crippen LogP contribution is -2.42. The quantitative estimate of drug-likeness (QED) is 0.802. The number of rotatable bonds is 6. The molecule has 1 fully saturated rings. The highest BCUT2D eigenvalue weighted by atomic mass is 16.2. The van der Waals surface area contributed by atoms with Gasteiger partial charge in [0.2, 0.25) is 17.7 Å². The van der Waals surface area contributed by atoms with Gasteiger partial charge in [-0.15, -0.1) is 0 Å². The molecule has 1 saturated heterocycles. The molecular weight excluding hydrogens is 268 g/mol. The first-order valence-corrected chi connectivity index (χ1v) is 7.30. The zero-order valence-electron chi connectivity index (χ0n) is 12.0. The molecule has 1 aromatic rings. The molecule has 0 unspecified atom stereocenters. The molecule has 0 spiro atoms. The van der Waals surface area contributed by atoms with E-state index in [4.69, 9.17) is 0 Å². The van der Waals surface area contributed by atoms with Crippen molar-refractivity contribution in [2.75, 3.05) is 13.1 Å². The summed E-state index contributed by atoms with van der Waals surface area (Å²) >= 11 is 0. The van der Waals surface area contributed by atoms with Gasteiger partial charge in [-0.05, 0) is 18.4 Å². The lowest BCUT2D eigenvalue weighted by Gasteiger charge is -2.24. The first kappa shape index (κ1) is 15.2. The van der Waals surface area contributed by atoms with Crippen molar-refractivity contribution in [3.05, 3.63) is 35.9 Å². The Morgan fingerprint density at radius 2 is 1.76 bits per heavy atom. The third-order valence-corrected chi connectivity index (χ3v) is 3.52. The van der Waals surface area contributed by atoms with E-state index in [0.717, 1.165) is 6.42 Å². The van der Waals surface area contributed by atoms with Gasteiger partial charge >= 0.3 is 0 Å². The van der Waals surface area contributed by atoms with Crippen LogP contribution in [0.1, 0.15) is 31.2 Å². The molecule has 5 nitrogen and oxygen atoms in total. The highest BCUT2D eigenvalue weighted by Gasteiger charge is 2.25. The van der Waals surface area contributed by atoms with Crippen molar-refractivity contribution >= 4 is 17.7 Å². The standard InChI is InChI=1S/C16H20N2O3/c19-14(17-11-9-13-5-2-1-3-6-13)10-12-18-15(20)7-4-8-16(18)21/h1-3,5-6H,4,7-12H2,(H,17,19). The second-order valence-corrected chi connectivity index (χ2v) is 5.13. The molecule has 1 N–H and O–H groups in total. The molecule has 1 heterocycles. The van der Waals surface area contributed by atoms with Crippen LogP contribution >= 0.6 is 0 Å². The lowest BCUT2D eigenvalue weighted by molar-refractivity contribution is -0.148. The zero-order valence-corrected chi connectivity index (χ0v) is 12.0. The topological polar surface area (TPSA) is 66.5 Å². The summed E-state index contributed by atoms with van der Waals surface area (Å²) in [5.74, 6) is -0.455. The Kier molecular flexibility index (Phi) is 5.49. The van der Waals surface area contributed by atoms with Gasteiger partial charge in [0.05, 0.1) is 0 Å². The molecule has 0 aliphatic carbocycles. The van der Waals surface area contributed by atoms with E-state index in [2.05, 4.69) is 5.32 Å². The predicted molar refractivity (Wildman–Crippen MR) is 78.3 cm³/mol. The Morgan fingerprint density at radius 3 is 2.43 bits per heavy atom. The van der Waals surface area contributed by atoms with E-state index < -0.39 is 0 Å². The summed E-state index contributed by atoms with van der Waals surface area (Å²) in [5.41, 5.74) is 1.17. The highest BCUT2D eigenvalue weighted by molar-refractivity contribution is 5.97. The minimum atomic E-state index is -0.164. The van der Waals surface area contributed by atoms with Crippen molar-refractivity contribution in [3.63, 3.8) is 0 Å². The Hall–Kier alpha value is -2.17. The van der Waals surface area contributed by atoms with Crippen molar-refractivity contribution in [2.45, 2.75) is 32.1 Å². The van der Waals surface area contributed by atoms with Gasteiger partial charge in [0.25, 0.3) is 0 Å². The van der Waals surface area contributed by atoms with Gasteiger partial charge in [0, 0.05) is 32.4 Å². The number of nitrogens with zero attached hydrogens (tertiary/aromatic N) is 1. The molecule has 2 rings (SSSR count). The van der Waals surface area contributed by atoms with Crippen LogP contribution in [0.5, 0.6) is 0 Å². The van der Waals surface area contributed by atoms with Gasteiger partial charge in [0.15, 0.2) is 0 Å². The van der Waals surface area contributed by atoms with Gasteiger partial charge in [-0.2, -0.15) is 0 Å². The highest BCUT2D eigenvalue weighted by Crippen LogP contribution is 2.12. The Balaban J connectivity index is 1.67. The number of benzene rings is 1. The van der Waals surface area contributed by atoms with Crippen LogP contribution in [0.3, 0.4) is 0 Å². The molecule has 0 aromatic heterocycles. The second-order valence-electron chi connectivity index (χ2n) is 5.13. The van der Waals surface area contributed by atoms with Crippen LogP contribution in [-0.4, -0.2) is 35.7 Å². The Morgan fingerprint density at radius 1 is 1.10 bits per heavy atom. The molecule has 0 radical (unpaired) electrons. The fourth-order valence-electron chi connectivity index (χ4n) is 2.34. The van der Waals surface area contributed by atoms with Crippen LogP contribution in [0.25, 0.3) is 0 Å². The molecule has 21 heavy (non-hydrogen) atoms. The number of carbonyl (C=O) groups is 3. The maximum Gasteiger partial charge on any atom is 0.229 e. The normalized spacial score (nSPS) is 15.1. The van der Waals surface area contributed by atoms with E-state index in [-0.39, 0.29) is 30.7 Å². The third kappa shape index (κ3) is 4.70. The molecule has 5 heteroatoms. The molecule has 112 valence electrons. The molecule has 1 aliphatic rings. The summed E-state index contributed by atoms with van der Waals surface area (Å²) < 4.78 is 0. The first-order chi connectivity index (χ1) is 10.2. The first-order valence-electron chi connectivity index (χ1n) is 7.30. The number of carbonyl (C=O) groups excluding carboxylic acids is 3. The third-order valence-electron chi connectivity index (χ3n) is 3.52. The average Bonchev–Trinajstić information content (AvgIpc) is 2.48. The number of piperidine rings is 1. The molecule has 1 aromatic carbocycles. The van der Waals surface area contributed by atoms with E-state index >= 15 is 0 Å². The summed E-state index contributed by atoms with van der Waals surface area (Å²) in [6.07, 6.45) is 2.38. The minimum Gasteiger partial charge on any atom is -0.356 e. The van der Waals surface area contributed by atoms with Crippen molar-refractivity contribution in [2.24, 2.45) is 0 Å². The number of hydrogen-bond acceptors (Lipinski definition) is 3. The van der Waals surface area contributed by atoms with Gasteiger partial charge in [-0.1, -0.05) is 30.3 Å².